The Morgan fingerprint density at radius 3 is 2.65 bits per heavy atom. The second kappa shape index (κ2) is 4.49. The minimum absolute atomic E-state index is 0.245. The number of benzene rings is 1. The largest absolute Gasteiger partial charge is 0.478 e. The maximum atomic E-state index is 11.0. The van der Waals surface area contributed by atoms with Gasteiger partial charge in [-0.3, -0.25) is 0 Å². The van der Waals surface area contributed by atoms with E-state index < -0.39 is 5.97 Å². The Morgan fingerprint density at radius 1 is 1.15 bits per heavy atom. The van der Waals surface area contributed by atoms with Crippen LogP contribution in [-0.4, -0.2) is 20.5 Å². The third-order valence-electron chi connectivity index (χ3n) is 3.51. The zero-order valence-corrected chi connectivity index (χ0v) is 11.3. The molecule has 20 heavy (non-hydrogen) atoms. The number of aryl methyl sites for hydroxylation is 2. The van der Waals surface area contributed by atoms with Crippen molar-refractivity contribution in [3.63, 3.8) is 0 Å². The summed E-state index contributed by atoms with van der Waals surface area (Å²) >= 11 is 0. The van der Waals surface area contributed by atoms with Gasteiger partial charge in [-0.05, 0) is 43.2 Å². The molecule has 1 aromatic carbocycles. The summed E-state index contributed by atoms with van der Waals surface area (Å²) in [7, 11) is 0. The van der Waals surface area contributed by atoms with E-state index in [9.17, 15) is 4.79 Å². The molecule has 0 aliphatic heterocycles. The van der Waals surface area contributed by atoms with Crippen LogP contribution in [0.5, 0.6) is 0 Å². The fraction of sp³-hybridized carbons (Fsp3) is 0.125. The number of fused-ring (bicyclic) bond motifs is 1. The predicted molar refractivity (Wildman–Crippen MR) is 77.1 cm³/mol. The van der Waals surface area contributed by atoms with Crippen LogP contribution in [0.25, 0.3) is 16.9 Å². The van der Waals surface area contributed by atoms with Crippen LogP contribution in [0.1, 0.15) is 21.5 Å². The SMILES string of the molecule is Cc1ccc(-c2cn3ccc(C(=O)O)cc3n2)cc1C. The molecule has 0 atom stereocenters. The molecule has 4 nitrogen and oxygen atoms in total. The van der Waals surface area contributed by atoms with Gasteiger partial charge in [0.25, 0.3) is 0 Å². The van der Waals surface area contributed by atoms with Crippen molar-refractivity contribution in [3.05, 3.63) is 59.4 Å². The van der Waals surface area contributed by atoms with E-state index >= 15 is 0 Å². The molecule has 4 heteroatoms. The summed E-state index contributed by atoms with van der Waals surface area (Å²) in [5.74, 6) is -0.941. The molecule has 0 saturated carbocycles. The predicted octanol–water partition coefficient (Wildman–Crippen LogP) is 3.32. The summed E-state index contributed by atoms with van der Waals surface area (Å²) in [6.45, 7) is 4.14. The summed E-state index contributed by atoms with van der Waals surface area (Å²) in [4.78, 5) is 15.5. The monoisotopic (exact) mass is 266 g/mol. The van der Waals surface area contributed by atoms with Crippen molar-refractivity contribution < 1.29 is 9.90 Å². The van der Waals surface area contributed by atoms with Gasteiger partial charge in [0.15, 0.2) is 0 Å². The number of hydrogen-bond donors (Lipinski definition) is 1. The number of carboxylic acids is 1. The van der Waals surface area contributed by atoms with Gasteiger partial charge >= 0.3 is 5.97 Å². The first kappa shape index (κ1) is 12.4. The van der Waals surface area contributed by atoms with Crippen LogP contribution in [0.4, 0.5) is 0 Å². The van der Waals surface area contributed by atoms with Crippen molar-refractivity contribution in [1.82, 2.24) is 9.38 Å². The van der Waals surface area contributed by atoms with E-state index in [0.29, 0.717) is 5.65 Å². The molecule has 0 saturated heterocycles. The maximum Gasteiger partial charge on any atom is 0.335 e. The number of imidazole rings is 1. The van der Waals surface area contributed by atoms with E-state index in [-0.39, 0.29) is 5.56 Å². The van der Waals surface area contributed by atoms with Crippen LogP contribution in [0.15, 0.2) is 42.7 Å². The third kappa shape index (κ3) is 2.05. The molecule has 0 bridgehead atoms. The summed E-state index contributed by atoms with van der Waals surface area (Å²) in [6.07, 6.45) is 3.63. The number of carboxylic acid groups (broad SMARTS) is 1. The molecule has 0 unspecified atom stereocenters. The number of nitrogens with zero attached hydrogens (tertiary/aromatic N) is 2. The highest BCUT2D eigenvalue weighted by atomic mass is 16.4. The average Bonchev–Trinajstić information content (AvgIpc) is 2.84. The topological polar surface area (TPSA) is 54.6 Å². The maximum absolute atomic E-state index is 11.0. The third-order valence-corrected chi connectivity index (χ3v) is 3.51. The fourth-order valence-electron chi connectivity index (χ4n) is 2.15. The van der Waals surface area contributed by atoms with E-state index in [2.05, 4.69) is 31.0 Å². The molecule has 0 radical (unpaired) electrons. The molecule has 2 aromatic heterocycles. The van der Waals surface area contributed by atoms with E-state index in [4.69, 9.17) is 5.11 Å². The van der Waals surface area contributed by atoms with Gasteiger partial charge in [0, 0.05) is 18.0 Å². The minimum Gasteiger partial charge on any atom is -0.478 e. The van der Waals surface area contributed by atoms with Crippen molar-refractivity contribution in [2.24, 2.45) is 0 Å². The smallest absolute Gasteiger partial charge is 0.335 e. The van der Waals surface area contributed by atoms with Crippen LogP contribution in [-0.2, 0) is 0 Å². The second-order valence-electron chi connectivity index (χ2n) is 4.91. The van der Waals surface area contributed by atoms with Gasteiger partial charge in [-0.25, -0.2) is 9.78 Å². The molecule has 2 heterocycles. The summed E-state index contributed by atoms with van der Waals surface area (Å²) in [6, 6.07) is 9.34. The molecule has 1 N–H and O–H groups in total. The van der Waals surface area contributed by atoms with E-state index in [1.165, 1.54) is 11.1 Å². The first-order chi connectivity index (χ1) is 9.54. The second-order valence-corrected chi connectivity index (χ2v) is 4.91. The molecule has 0 aliphatic rings. The van der Waals surface area contributed by atoms with Crippen molar-refractivity contribution in [2.75, 3.05) is 0 Å². The van der Waals surface area contributed by atoms with Crippen molar-refractivity contribution >= 4 is 11.6 Å². The Morgan fingerprint density at radius 2 is 1.95 bits per heavy atom. The molecule has 0 spiro atoms. The molecular formula is C16H14N2O2. The van der Waals surface area contributed by atoms with Crippen LogP contribution >= 0.6 is 0 Å². The summed E-state index contributed by atoms with van der Waals surface area (Å²) in [5.41, 5.74) is 5.22. The van der Waals surface area contributed by atoms with E-state index in [1.807, 2.05) is 16.7 Å². The van der Waals surface area contributed by atoms with Crippen molar-refractivity contribution in [1.29, 1.82) is 0 Å². The number of pyridine rings is 1. The lowest BCUT2D eigenvalue weighted by Gasteiger charge is -2.01. The quantitative estimate of drug-likeness (QED) is 0.774. The minimum atomic E-state index is -0.941. The Kier molecular flexibility index (Phi) is 2.79. The van der Waals surface area contributed by atoms with Gasteiger partial charge in [-0.1, -0.05) is 12.1 Å². The fourth-order valence-corrected chi connectivity index (χ4v) is 2.15. The lowest BCUT2D eigenvalue weighted by atomic mass is 10.1. The van der Waals surface area contributed by atoms with Gasteiger partial charge < -0.3 is 9.51 Å². The normalized spacial score (nSPS) is 10.9. The molecular weight excluding hydrogens is 252 g/mol. The molecule has 0 amide bonds. The van der Waals surface area contributed by atoms with Crippen LogP contribution < -0.4 is 0 Å². The molecule has 0 aliphatic carbocycles. The van der Waals surface area contributed by atoms with Crippen molar-refractivity contribution in [3.8, 4) is 11.3 Å². The first-order valence-corrected chi connectivity index (χ1v) is 6.34. The number of carbonyl (C=O) groups is 1. The lowest BCUT2D eigenvalue weighted by molar-refractivity contribution is 0.0697. The van der Waals surface area contributed by atoms with E-state index in [1.54, 1.807) is 18.3 Å². The van der Waals surface area contributed by atoms with E-state index in [0.717, 1.165) is 11.3 Å². The van der Waals surface area contributed by atoms with Crippen LogP contribution in [0.3, 0.4) is 0 Å². The van der Waals surface area contributed by atoms with Crippen molar-refractivity contribution in [2.45, 2.75) is 13.8 Å². The van der Waals surface area contributed by atoms with Gasteiger partial charge in [0.1, 0.15) is 5.65 Å². The van der Waals surface area contributed by atoms with Gasteiger partial charge in [0.05, 0.1) is 11.3 Å². The number of aromatic carboxylic acids is 1. The van der Waals surface area contributed by atoms with Crippen LogP contribution in [0, 0.1) is 13.8 Å². The highest BCUT2D eigenvalue weighted by Gasteiger charge is 2.08. The summed E-state index contributed by atoms with van der Waals surface area (Å²) < 4.78 is 1.83. The molecule has 0 fully saturated rings. The molecule has 3 rings (SSSR count). The molecule has 100 valence electrons. The Balaban J connectivity index is 2.12. The zero-order chi connectivity index (χ0) is 14.3. The van der Waals surface area contributed by atoms with Gasteiger partial charge in [-0.15, -0.1) is 0 Å². The lowest BCUT2D eigenvalue weighted by Crippen LogP contribution is -1.96. The molecule has 3 aromatic rings. The Labute approximate surface area is 116 Å². The standard InChI is InChI=1S/C16H14N2O2/c1-10-3-4-12(7-11(10)2)14-9-18-6-5-13(16(19)20)8-15(18)17-14/h3-9H,1-2H3,(H,19,20). The van der Waals surface area contributed by atoms with Crippen LogP contribution in [0.2, 0.25) is 0 Å². The first-order valence-electron chi connectivity index (χ1n) is 6.34. The zero-order valence-electron chi connectivity index (χ0n) is 11.3. The van der Waals surface area contributed by atoms with Gasteiger partial charge in [0.2, 0.25) is 0 Å². The average molecular weight is 266 g/mol. The van der Waals surface area contributed by atoms with Gasteiger partial charge in [-0.2, -0.15) is 0 Å². The number of rotatable bonds is 2. The Hall–Kier alpha value is -2.62. The number of aromatic nitrogens is 2. The Bertz CT molecular complexity index is 818. The number of hydrogen-bond acceptors (Lipinski definition) is 2. The summed E-state index contributed by atoms with van der Waals surface area (Å²) in [5, 5.41) is 9.00. The highest BCUT2D eigenvalue weighted by Crippen LogP contribution is 2.22. The highest BCUT2D eigenvalue weighted by molar-refractivity contribution is 5.88.